The molecule has 154 valence electrons. The van der Waals surface area contributed by atoms with Crippen LogP contribution >= 0.6 is 11.6 Å². The van der Waals surface area contributed by atoms with Gasteiger partial charge >= 0.3 is 0 Å². The van der Waals surface area contributed by atoms with Crippen molar-refractivity contribution in [2.75, 3.05) is 24.5 Å². The molecule has 5 nitrogen and oxygen atoms in total. The van der Waals surface area contributed by atoms with E-state index in [0.717, 1.165) is 31.6 Å². The fourth-order valence-corrected chi connectivity index (χ4v) is 3.93. The smallest absolute Gasteiger partial charge is 0.251 e. The van der Waals surface area contributed by atoms with Gasteiger partial charge in [-0.3, -0.25) is 9.59 Å². The van der Waals surface area contributed by atoms with Gasteiger partial charge in [-0.25, -0.2) is 0 Å². The standard InChI is InChI=1S/C23H28ClN3O2/c1-3-26(4-2)16-19-9-6-5-8-18(19)15-25-23(29)17-11-12-20(24)21(14-17)27-13-7-10-22(27)28/h5-6,8-9,11-12,14H,3-4,7,10,13,15-16H2,1-2H3,(H,25,29)/p+1. The van der Waals surface area contributed by atoms with Crippen LogP contribution in [0, 0.1) is 0 Å². The zero-order valence-corrected chi connectivity index (χ0v) is 17.9. The quantitative estimate of drug-likeness (QED) is 0.697. The largest absolute Gasteiger partial charge is 0.348 e. The third-order valence-electron chi connectivity index (χ3n) is 5.57. The second-order valence-electron chi connectivity index (χ2n) is 7.40. The number of carbonyl (C=O) groups is 2. The van der Waals surface area contributed by atoms with Crippen LogP contribution in [0.2, 0.25) is 5.02 Å². The molecule has 0 spiro atoms. The highest BCUT2D eigenvalue weighted by Crippen LogP contribution is 2.30. The van der Waals surface area contributed by atoms with Crippen LogP contribution < -0.4 is 15.1 Å². The Labute approximate surface area is 177 Å². The first-order valence-electron chi connectivity index (χ1n) is 10.3. The topological polar surface area (TPSA) is 53.9 Å². The lowest BCUT2D eigenvalue weighted by Gasteiger charge is -2.19. The van der Waals surface area contributed by atoms with E-state index in [2.05, 4.69) is 31.3 Å². The molecule has 0 bridgehead atoms. The van der Waals surface area contributed by atoms with Crippen LogP contribution in [0.25, 0.3) is 0 Å². The van der Waals surface area contributed by atoms with E-state index in [4.69, 9.17) is 11.6 Å². The van der Waals surface area contributed by atoms with E-state index >= 15 is 0 Å². The average molecular weight is 415 g/mol. The Balaban J connectivity index is 1.71. The molecular formula is C23H29ClN3O2+. The average Bonchev–Trinajstić information content (AvgIpc) is 3.16. The van der Waals surface area contributed by atoms with Crippen molar-refractivity contribution in [1.82, 2.24) is 5.32 Å². The highest BCUT2D eigenvalue weighted by atomic mass is 35.5. The molecule has 2 amide bonds. The minimum absolute atomic E-state index is 0.0530. The normalized spacial score (nSPS) is 13.9. The maximum atomic E-state index is 12.8. The Kier molecular flexibility index (Phi) is 7.29. The van der Waals surface area contributed by atoms with Gasteiger partial charge in [-0.1, -0.05) is 35.9 Å². The van der Waals surface area contributed by atoms with Gasteiger partial charge in [-0.15, -0.1) is 0 Å². The molecule has 1 saturated heterocycles. The lowest BCUT2D eigenvalue weighted by Crippen LogP contribution is -3.10. The van der Waals surface area contributed by atoms with Crippen molar-refractivity contribution in [1.29, 1.82) is 0 Å². The molecule has 6 heteroatoms. The Hall–Kier alpha value is -2.37. The van der Waals surface area contributed by atoms with Crippen LogP contribution in [0.4, 0.5) is 5.69 Å². The van der Waals surface area contributed by atoms with Crippen molar-refractivity contribution in [3.05, 3.63) is 64.2 Å². The number of amides is 2. The van der Waals surface area contributed by atoms with Gasteiger partial charge in [0.1, 0.15) is 6.54 Å². The van der Waals surface area contributed by atoms with E-state index < -0.39 is 0 Å². The summed E-state index contributed by atoms with van der Waals surface area (Å²) in [5, 5.41) is 3.51. The maximum Gasteiger partial charge on any atom is 0.251 e. The summed E-state index contributed by atoms with van der Waals surface area (Å²) < 4.78 is 0. The van der Waals surface area contributed by atoms with Crippen LogP contribution in [-0.4, -0.2) is 31.4 Å². The van der Waals surface area contributed by atoms with Crippen molar-refractivity contribution in [3.63, 3.8) is 0 Å². The van der Waals surface area contributed by atoms with E-state index in [-0.39, 0.29) is 11.8 Å². The monoisotopic (exact) mass is 414 g/mol. The van der Waals surface area contributed by atoms with Gasteiger partial charge in [0.15, 0.2) is 0 Å². The number of carbonyl (C=O) groups excluding carboxylic acids is 2. The first kappa shape index (κ1) is 21.3. The predicted octanol–water partition coefficient (Wildman–Crippen LogP) is 2.82. The van der Waals surface area contributed by atoms with E-state index in [1.165, 1.54) is 10.5 Å². The van der Waals surface area contributed by atoms with Gasteiger partial charge in [0.25, 0.3) is 5.91 Å². The summed E-state index contributed by atoms with van der Waals surface area (Å²) in [6, 6.07) is 13.3. The fourth-order valence-electron chi connectivity index (χ4n) is 3.71. The Morgan fingerprint density at radius 3 is 2.52 bits per heavy atom. The number of quaternary nitrogens is 1. The second kappa shape index (κ2) is 9.90. The van der Waals surface area contributed by atoms with Crippen LogP contribution in [0.1, 0.15) is 48.2 Å². The number of rotatable bonds is 8. The van der Waals surface area contributed by atoms with E-state index in [1.54, 1.807) is 23.1 Å². The second-order valence-corrected chi connectivity index (χ2v) is 7.81. The van der Waals surface area contributed by atoms with Gasteiger partial charge in [0, 0.05) is 30.6 Å². The zero-order chi connectivity index (χ0) is 20.8. The zero-order valence-electron chi connectivity index (χ0n) is 17.1. The summed E-state index contributed by atoms with van der Waals surface area (Å²) in [5.41, 5.74) is 3.51. The summed E-state index contributed by atoms with van der Waals surface area (Å²) >= 11 is 6.29. The molecule has 0 unspecified atom stereocenters. The number of nitrogens with one attached hydrogen (secondary N) is 2. The van der Waals surface area contributed by atoms with Crippen LogP contribution in [0.5, 0.6) is 0 Å². The van der Waals surface area contributed by atoms with Crippen molar-refractivity contribution < 1.29 is 14.5 Å². The molecule has 1 aliphatic heterocycles. The summed E-state index contributed by atoms with van der Waals surface area (Å²) in [6.45, 7) is 8.57. The van der Waals surface area contributed by atoms with Gasteiger partial charge in [0.2, 0.25) is 5.91 Å². The van der Waals surface area contributed by atoms with Gasteiger partial charge in [-0.05, 0) is 44.0 Å². The number of hydrogen-bond acceptors (Lipinski definition) is 2. The maximum absolute atomic E-state index is 12.8. The van der Waals surface area contributed by atoms with Gasteiger partial charge in [-0.2, -0.15) is 0 Å². The lowest BCUT2D eigenvalue weighted by atomic mass is 10.1. The summed E-state index contributed by atoms with van der Waals surface area (Å²) in [4.78, 5) is 28.0. The molecule has 1 aliphatic rings. The Morgan fingerprint density at radius 1 is 1.14 bits per heavy atom. The minimum Gasteiger partial charge on any atom is -0.348 e. The molecule has 0 aromatic heterocycles. The number of halogens is 1. The SMILES string of the molecule is CC[NH+](CC)Cc1ccccc1CNC(=O)c1ccc(Cl)c(N2CCCC2=O)c1. The lowest BCUT2D eigenvalue weighted by molar-refractivity contribution is -0.910. The first-order chi connectivity index (χ1) is 14.0. The summed E-state index contributed by atoms with van der Waals surface area (Å²) in [5.74, 6) is -0.114. The van der Waals surface area contributed by atoms with Gasteiger partial charge in [0.05, 0.1) is 23.8 Å². The van der Waals surface area contributed by atoms with Crippen LogP contribution in [0.15, 0.2) is 42.5 Å². The molecule has 2 N–H and O–H groups in total. The molecule has 2 aromatic rings. The number of benzene rings is 2. The predicted molar refractivity (Wildman–Crippen MR) is 116 cm³/mol. The summed E-state index contributed by atoms with van der Waals surface area (Å²) in [6.07, 6.45) is 1.34. The van der Waals surface area contributed by atoms with E-state index in [0.29, 0.717) is 35.8 Å². The van der Waals surface area contributed by atoms with Crippen LogP contribution in [-0.2, 0) is 17.9 Å². The number of anilines is 1. The van der Waals surface area contributed by atoms with E-state index in [1.807, 2.05) is 12.1 Å². The van der Waals surface area contributed by atoms with Crippen molar-refractivity contribution >= 4 is 29.1 Å². The molecule has 0 aliphatic carbocycles. The fraction of sp³-hybridized carbons (Fsp3) is 0.391. The van der Waals surface area contributed by atoms with Crippen molar-refractivity contribution in [2.45, 2.75) is 39.8 Å². The highest BCUT2D eigenvalue weighted by molar-refractivity contribution is 6.34. The molecule has 0 radical (unpaired) electrons. The Bertz CT molecular complexity index is 880. The summed E-state index contributed by atoms with van der Waals surface area (Å²) in [7, 11) is 0. The molecule has 3 rings (SSSR count). The number of nitrogens with zero attached hydrogens (tertiary/aromatic N) is 1. The molecule has 0 saturated carbocycles. The highest BCUT2D eigenvalue weighted by Gasteiger charge is 2.24. The van der Waals surface area contributed by atoms with E-state index in [9.17, 15) is 9.59 Å². The number of hydrogen-bond donors (Lipinski definition) is 2. The molecule has 0 atom stereocenters. The third kappa shape index (κ3) is 5.17. The van der Waals surface area contributed by atoms with Crippen molar-refractivity contribution in [2.24, 2.45) is 0 Å². The third-order valence-corrected chi connectivity index (χ3v) is 5.89. The Morgan fingerprint density at radius 2 is 1.86 bits per heavy atom. The molecule has 29 heavy (non-hydrogen) atoms. The molecular weight excluding hydrogens is 386 g/mol. The van der Waals surface area contributed by atoms with Crippen molar-refractivity contribution in [3.8, 4) is 0 Å². The molecule has 1 fully saturated rings. The van der Waals surface area contributed by atoms with Crippen LogP contribution in [0.3, 0.4) is 0 Å². The molecule has 1 heterocycles. The first-order valence-corrected chi connectivity index (χ1v) is 10.7. The minimum atomic E-state index is -0.167. The molecule has 2 aromatic carbocycles. The van der Waals surface area contributed by atoms with Gasteiger partial charge < -0.3 is 15.1 Å².